The Balaban J connectivity index is 1.99. The third kappa shape index (κ3) is 3.82. The molecule has 0 aliphatic carbocycles. The molecule has 4 rings (SSSR count). The maximum absolute atomic E-state index is 11.6. The van der Waals surface area contributed by atoms with Gasteiger partial charge < -0.3 is 5.73 Å². The zero-order chi connectivity index (χ0) is 21.4. The zero-order valence-electron chi connectivity index (χ0n) is 15.9. The largest absolute Gasteiger partial charge is 0.366 e. The number of hydrogen-bond donors (Lipinski definition) is 1. The second-order valence-electron chi connectivity index (χ2n) is 6.75. The van der Waals surface area contributed by atoms with E-state index in [9.17, 15) is 4.79 Å². The van der Waals surface area contributed by atoms with Crippen LogP contribution in [0.2, 0.25) is 15.1 Å². The number of carbonyl (C=O) groups is 1. The van der Waals surface area contributed by atoms with Crippen LogP contribution in [-0.4, -0.2) is 15.5 Å². The summed E-state index contributed by atoms with van der Waals surface area (Å²) in [5.74, 6) is 0.156. The lowest BCUT2D eigenvalue weighted by molar-refractivity contribution is 0.100. The number of nitrogens with zero attached hydrogens (tertiary/aromatic N) is 2. The van der Waals surface area contributed by atoms with Crippen molar-refractivity contribution in [2.75, 3.05) is 0 Å². The second-order valence-corrected chi connectivity index (χ2v) is 8.03. The van der Waals surface area contributed by atoms with E-state index in [0.29, 0.717) is 32.1 Å². The maximum atomic E-state index is 11.6. The van der Waals surface area contributed by atoms with Crippen molar-refractivity contribution in [3.05, 3.63) is 93.1 Å². The van der Waals surface area contributed by atoms with Gasteiger partial charge in [0.05, 0.1) is 10.7 Å². The first-order valence-electron chi connectivity index (χ1n) is 9.06. The predicted octanol–water partition coefficient (Wildman–Crippen LogP) is 6.57. The lowest BCUT2D eigenvalue weighted by Gasteiger charge is -2.12. The third-order valence-electron chi connectivity index (χ3n) is 4.79. The molecule has 0 radical (unpaired) electrons. The molecule has 0 unspecified atom stereocenters. The summed E-state index contributed by atoms with van der Waals surface area (Å²) in [7, 11) is 0. The van der Waals surface area contributed by atoms with Gasteiger partial charge in [-0.25, -0.2) is 4.98 Å². The van der Waals surface area contributed by atoms with E-state index in [0.717, 1.165) is 22.5 Å². The number of hydrogen-bond acceptors (Lipinski definition) is 2. The number of halogens is 3. The van der Waals surface area contributed by atoms with Crippen LogP contribution in [0.5, 0.6) is 0 Å². The third-order valence-corrected chi connectivity index (χ3v) is 5.58. The second kappa shape index (κ2) is 8.15. The van der Waals surface area contributed by atoms with E-state index in [2.05, 4.69) is 0 Å². The number of amides is 1. The first-order chi connectivity index (χ1) is 14.3. The molecule has 0 atom stereocenters. The van der Waals surface area contributed by atoms with E-state index in [1.165, 1.54) is 0 Å². The molecule has 1 heterocycles. The lowest BCUT2D eigenvalue weighted by atomic mass is 10.1. The fourth-order valence-electron chi connectivity index (χ4n) is 3.35. The molecule has 0 fully saturated rings. The number of nitrogens with two attached hydrogens (primary N) is 1. The molecule has 0 saturated heterocycles. The van der Waals surface area contributed by atoms with Gasteiger partial charge in [-0.15, -0.1) is 0 Å². The molecule has 0 aliphatic rings. The van der Waals surface area contributed by atoms with E-state index >= 15 is 0 Å². The average Bonchev–Trinajstić information content (AvgIpc) is 3.05. The normalized spacial score (nSPS) is 10.9. The molecule has 150 valence electrons. The van der Waals surface area contributed by atoms with Crippen LogP contribution in [0, 0.1) is 6.92 Å². The minimum absolute atomic E-state index is 0.416. The van der Waals surface area contributed by atoms with Gasteiger partial charge in [0.25, 0.3) is 0 Å². The van der Waals surface area contributed by atoms with Crippen molar-refractivity contribution in [2.24, 2.45) is 5.73 Å². The van der Waals surface area contributed by atoms with E-state index in [4.69, 9.17) is 45.5 Å². The van der Waals surface area contributed by atoms with Crippen LogP contribution < -0.4 is 5.73 Å². The summed E-state index contributed by atoms with van der Waals surface area (Å²) in [4.78, 5) is 16.5. The molecule has 2 N–H and O–H groups in total. The minimum Gasteiger partial charge on any atom is -0.366 e. The average molecular weight is 457 g/mol. The Kier molecular flexibility index (Phi) is 5.56. The highest BCUT2D eigenvalue weighted by Gasteiger charge is 2.20. The molecule has 4 nitrogen and oxygen atoms in total. The molecule has 4 aromatic rings. The van der Waals surface area contributed by atoms with Gasteiger partial charge in [0.1, 0.15) is 5.82 Å². The number of imidazole rings is 1. The summed E-state index contributed by atoms with van der Waals surface area (Å²) >= 11 is 18.7. The molecular weight excluding hydrogens is 441 g/mol. The number of benzene rings is 3. The quantitative estimate of drug-likeness (QED) is 0.377. The summed E-state index contributed by atoms with van der Waals surface area (Å²) in [6, 6.07) is 19.8. The summed E-state index contributed by atoms with van der Waals surface area (Å²) in [5.41, 5.74) is 9.86. The van der Waals surface area contributed by atoms with Gasteiger partial charge in [0.2, 0.25) is 5.91 Å². The van der Waals surface area contributed by atoms with E-state index < -0.39 is 5.91 Å². The number of rotatable bonds is 4. The maximum Gasteiger partial charge on any atom is 0.248 e. The van der Waals surface area contributed by atoms with Crippen LogP contribution in [0.25, 0.3) is 28.3 Å². The van der Waals surface area contributed by atoms with Crippen molar-refractivity contribution in [1.82, 2.24) is 9.55 Å². The van der Waals surface area contributed by atoms with Crippen LogP contribution >= 0.6 is 34.8 Å². The van der Waals surface area contributed by atoms with Gasteiger partial charge in [0.15, 0.2) is 0 Å². The molecule has 7 heteroatoms. The van der Waals surface area contributed by atoms with Crippen LogP contribution in [0.4, 0.5) is 0 Å². The van der Waals surface area contributed by atoms with Gasteiger partial charge in [-0.2, -0.15) is 0 Å². The van der Waals surface area contributed by atoms with Crippen molar-refractivity contribution >= 4 is 40.7 Å². The predicted molar refractivity (Wildman–Crippen MR) is 123 cm³/mol. The molecular formula is C23H16Cl3N3O. The SMILES string of the molecule is Cc1c(-c2cccc(C(N)=O)c2)nc(-c2ccc(Cl)cc2Cl)n1-c1ccc(Cl)cc1. The minimum atomic E-state index is -0.493. The fraction of sp³-hybridized carbons (Fsp3) is 0.0435. The van der Waals surface area contributed by atoms with Crippen LogP contribution in [0.15, 0.2) is 66.7 Å². The Labute approximate surface area is 188 Å². The van der Waals surface area contributed by atoms with Crippen LogP contribution in [0.1, 0.15) is 16.1 Å². The summed E-state index contributed by atoms with van der Waals surface area (Å²) in [6.07, 6.45) is 0. The van der Waals surface area contributed by atoms with Crippen molar-refractivity contribution in [1.29, 1.82) is 0 Å². The highest BCUT2D eigenvalue weighted by atomic mass is 35.5. The first-order valence-corrected chi connectivity index (χ1v) is 10.2. The molecule has 1 aromatic heterocycles. The van der Waals surface area contributed by atoms with Crippen molar-refractivity contribution in [3.8, 4) is 28.3 Å². The highest BCUT2D eigenvalue weighted by Crippen LogP contribution is 2.36. The highest BCUT2D eigenvalue weighted by molar-refractivity contribution is 6.36. The zero-order valence-corrected chi connectivity index (χ0v) is 18.1. The monoisotopic (exact) mass is 455 g/mol. The van der Waals surface area contributed by atoms with Gasteiger partial charge in [-0.3, -0.25) is 9.36 Å². The molecule has 0 spiro atoms. The van der Waals surface area contributed by atoms with Crippen molar-refractivity contribution < 1.29 is 4.79 Å². The summed E-state index contributed by atoms with van der Waals surface area (Å²) < 4.78 is 2.00. The smallest absolute Gasteiger partial charge is 0.248 e. The Morgan fingerprint density at radius 1 is 0.933 bits per heavy atom. The molecule has 30 heavy (non-hydrogen) atoms. The Hall–Kier alpha value is -2.79. The van der Waals surface area contributed by atoms with Crippen molar-refractivity contribution in [3.63, 3.8) is 0 Å². The van der Waals surface area contributed by atoms with Crippen LogP contribution in [0.3, 0.4) is 0 Å². The van der Waals surface area contributed by atoms with Crippen LogP contribution in [-0.2, 0) is 0 Å². The standard InChI is InChI=1S/C23H16Cl3N3O/c1-13-21(14-3-2-4-15(11-14)22(27)30)28-23(19-10-7-17(25)12-20(19)26)29(13)18-8-5-16(24)6-9-18/h2-12H,1H3,(H2,27,30). The summed E-state index contributed by atoms with van der Waals surface area (Å²) in [6.45, 7) is 1.96. The van der Waals surface area contributed by atoms with E-state index in [1.54, 1.807) is 30.3 Å². The molecule has 0 saturated carbocycles. The van der Waals surface area contributed by atoms with Gasteiger partial charge >= 0.3 is 0 Å². The molecule has 3 aromatic carbocycles. The lowest BCUT2D eigenvalue weighted by Crippen LogP contribution is -2.10. The fourth-order valence-corrected chi connectivity index (χ4v) is 3.97. The van der Waals surface area contributed by atoms with E-state index in [-0.39, 0.29) is 0 Å². The summed E-state index contributed by atoms with van der Waals surface area (Å²) in [5, 5.41) is 1.66. The Bertz CT molecular complexity index is 1260. The molecule has 1 amide bonds. The first kappa shape index (κ1) is 20.5. The topological polar surface area (TPSA) is 60.9 Å². The molecule has 0 aliphatic heterocycles. The van der Waals surface area contributed by atoms with Crippen molar-refractivity contribution in [2.45, 2.75) is 6.92 Å². The number of aromatic nitrogens is 2. The van der Waals surface area contributed by atoms with Gasteiger partial charge in [-0.05, 0) is 61.5 Å². The molecule has 0 bridgehead atoms. The van der Waals surface area contributed by atoms with E-state index in [1.807, 2.05) is 47.9 Å². The van der Waals surface area contributed by atoms with Gasteiger partial charge in [-0.1, -0.05) is 46.9 Å². The van der Waals surface area contributed by atoms with Gasteiger partial charge in [0, 0.05) is 38.1 Å². The number of primary amides is 1. The Morgan fingerprint density at radius 2 is 1.63 bits per heavy atom. The number of carbonyl (C=O) groups excluding carboxylic acids is 1. The Morgan fingerprint density at radius 3 is 2.30 bits per heavy atom.